The van der Waals surface area contributed by atoms with Gasteiger partial charge in [0.05, 0.1) is 5.54 Å². The molecule has 74 valence electrons. The maximum atomic E-state index is 11.3. The highest BCUT2D eigenvalue weighted by molar-refractivity contribution is 9.09. The van der Waals surface area contributed by atoms with Gasteiger partial charge in [0.25, 0.3) is 0 Å². The van der Waals surface area contributed by atoms with E-state index in [9.17, 15) is 4.79 Å². The Kier molecular flexibility index (Phi) is 5.81. The van der Waals surface area contributed by atoms with Gasteiger partial charge in [0.2, 0.25) is 5.91 Å². The van der Waals surface area contributed by atoms with Gasteiger partial charge in [0.1, 0.15) is 0 Å². The molecule has 13 heavy (non-hydrogen) atoms. The topological polar surface area (TPSA) is 29.1 Å². The van der Waals surface area contributed by atoms with E-state index in [1.165, 1.54) is 0 Å². The SMILES string of the molecule is C#CC(C)(C)NC(=O)CCCCBr. The van der Waals surface area contributed by atoms with Crippen molar-refractivity contribution < 1.29 is 4.79 Å². The molecule has 0 aromatic carbocycles. The Morgan fingerprint density at radius 1 is 1.54 bits per heavy atom. The number of carbonyl (C=O) groups is 1. The molecule has 0 spiro atoms. The maximum Gasteiger partial charge on any atom is 0.221 e. The van der Waals surface area contributed by atoms with Crippen molar-refractivity contribution in [1.82, 2.24) is 5.32 Å². The molecular formula is C10H16BrNO. The molecule has 0 bridgehead atoms. The minimum absolute atomic E-state index is 0.0314. The zero-order chi connectivity index (χ0) is 10.3. The molecule has 1 amide bonds. The van der Waals surface area contributed by atoms with E-state index in [1.807, 2.05) is 13.8 Å². The Balaban J connectivity index is 3.70. The lowest BCUT2D eigenvalue weighted by atomic mass is 10.1. The van der Waals surface area contributed by atoms with E-state index in [0.717, 1.165) is 18.2 Å². The Labute approximate surface area is 88.6 Å². The molecule has 0 saturated heterocycles. The molecule has 3 heteroatoms. The van der Waals surface area contributed by atoms with Crippen molar-refractivity contribution in [3.8, 4) is 12.3 Å². The molecule has 0 rings (SSSR count). The van der Waals surface area contributed by atoms with Crippen molar-refractivity contribution in [2.45, 2.75) is 38.6 Å². The summed E-state index contributed by atoms with van der Waals surface area (Å²) in [6.07, 6.45) is 7.71. The average Bonchev–Trinajstić information content (AvgIpc) is 2.04. The number of rotatable bonds is 5. The molecule has 0 fully saturated rings. The fourth-order valence-electron chi connectivity index (χ4n) is 0.827. The van der Waals surface area contributed by atoms with E-state index in [-0.39, 0.29) is 5.91 Å². The highest BCUT2D eigenvalue weighted by Gasteiger charge is 2.15. The molecule has 0 unspecified atom stereocenters. The largest absolute Gasteiger partial charge is 0.340 e. The summed E-state index contributed by atoms with van der Waals surface area (Å²) in [5.41, 5.74) is -0.522. The van der Waals surface area contributed by atoms with Crippen LogP contribution in [0, 0.1) is 12.3 Å². The molecule has 1 N–H and O–H groups in total. The molecular weight excluding hydrogens is 230 g/mol. The van der Waals surface area contributed by atoms with Crippen LogP contribution in [0.15, 0.2) is 0 Å². The Morgan fingerprint density at radius 3 is 2.62 bits per heavy atom. The third-order valence-corrected chi connectivity index (χ3v) is 2.16. The lowest BCUT2D eigenvalue weighted by molar-refractivity contribution is -0.122. The van der Waals surface area contributed by atoms with Gasteiger partial charge < -0.3 is 5.32 Å². The van der Waals surface area contributed by atoms with Crippen LogP contribution in [0.25, 0.3) is 0 Å². The highest BCUT2D eigenvalue weighted by atomic mass is 79.9. The number of amides is 1. The van der Waals surface area contributed by atoms with Gasteiger partial charge in [-0.3, -0.25) is 4.79 Å². The maximum absolute atomic E-state index is 11.3. The second kappa shape index (κ2) is 6.04. The predicted molar refractivity (Wildman–Crippen MR) is 58.7 cm³/mol. The number of carbonyl (C=O) groups excluding carboxylic acids is 1. The molecule has 0 aliphatic rings. The summed E-state index contributed by atoms with van der Waals surface area (Å²) in [4.78, 5) is 11.3. The minimum atomic E-state index is -0.522. The van der Waals surface area contributed by atoms with E-state index in [2.05, 4.69) is 27.2 Å². The molecule has 0 radical (unpaired) electrons. The summed E-state index contributed by atoms with van der Waals surface area (Å²) in [6, 6.07) is 0. The average molecular weight is 246 g/mol. The van der Waals surface area contributed by atoms with Crippen LogP contribution in [0.2, 0.25) is 0 Å². The number of unbranched alkanes of at least 4 members (excludes halogenated alkanes) is 1. The van der Waals surface area contributed by atoms with Crippen LogP contribution in [0.3, 0.4) is 0 Å². The zero-order valence-corrected chi connectivity index (χ0v) is 9.78. The number of alkyl halides is 1. The summed E-state index contributed by atoms with van der Waals surface area (Å²) in [5.74, 6) is 2.55. The molecule has 0 aromatic heterocycles. The first-order valence-electron chi connectivity index (χ1n) is 4.36. The molecule has 0 heterocycles. The van der Waals surface area contributed by atoms with Crippen LogP contribution in [-0.2, 0) is 4.79 Å². The Hall–Kier alpha value is -0.490. The van der Waals surface area contributed by atoms with Gasteiger partial charge >= 0.3 is 0 Å². The van der Waals surface area contributed by atoms with Crippen molar-refractivity contribution in [1.29, 1.82) is 0 Å². The van der Waals surface area contributed by atoms with Crippen molar-refractivity contribution in [3.63, 3.8) is 0 Å². The number of hydrogen-bond donors (Lipinski definition) is 1. The first-order valence-corrected chi connectivity index (χ1v) is 5.49. The molecule has 0 saturated carbocycles. The summed E-state index contributed by atoms with van der Waals surface area (Å²) in [6.45, 7) is 3.63. The molecule has 0 aromatic rings. The van der Waals surface area contributed by atoms with Crippen LogP contribution < -0.4 is 5.32 Å². The van der Waals surface area contributed by atoms with Crippen molar-refractivity contribution >= 4 is 21.8 Å². The fourth-order valence-corrected chi connectivity index (χ4v) is 1.22. The smallest absolute Gasteiger partial charge is 0.221 e. The third-order valence-electron chi connectivity index (χ3n) is 1.60. The first-order chi connectivity index (χ1) is 6.02. The van der Waals surface area contributed by atoms with Crippen LogP contribution in [-0.4, -0.2) is 16.8 Å². The van der Waals surface area contributed by atoms with E-state index < -0.39 is 5.54 Å². The summed E-state index contributed by atoms with van der Waals surface area (Å²) < 4.78 is 0. The number of terminal acetylenes is 1. The van der Waals surface area contributed by atoms with Gasteiger partial charge in [-0.15, -0.1) is 6.42 Å². The highest BCUT2D eigenvalue weighted by Crippen LogP contribution is 2.02. The Morgan fingerprint density at radius 2 is 2.15 bits per heavy atom. The van der Waals surface area contributed by atoms with Crippen LogP contribution >= 0.6 is 15.9 Å². The fraction of sp³-hybridized carbons (Fsp3) is 0.700. The number of hydrogen-bond acceptors (Lipinski definition) is 1. The van der Waals surface area contributed by atoms with Crippen LogP contribution in [0.5, 0.6) is 0 Å². The predicted octanol–water partition coefficient (Wildman–Crippen LogP) is 2.08. The van der Waals surface area contributed by atoms with Crippen LogP contribution in [0.1, 0.15) is 33.1 Å². The molecule has 0 aliphatic carbocycles. The van der Waals surface area contributed by atoms with Crippen LogP contribution in [0.4, 0.5) is 0 Å². The molecule has 0 aliphatic heterocycles. The van der Waals surface area contributed by atoms with Gasteiger partial charge in [0.15, 0.2) is 0 Å². The molecule has 2 nitrogen and oxygen atoms in total. The van der Waals surface area contributed by atoms with Crippen molar-refractivity contribution in [2.24, 2.45) is 0 Å². The standard InChI is InChI=1S/C10H16BrNO/c1-4-10(2,3)12-9(13)7-5-6-8-11/h1H,5-8H2,2-3H3,(H,12,13). The first kappa shape index (κ1) is 12.5. The van der Waals surface area contributed by atoms with E-state index in [0.29, 0.717) is 6.42 Å². The lowest BCUT2D eigenvalue weighted by Gasteiger charge is -2.19. The second-order valence-corrected chi connectivity index (χ2v) is 4.26. The van der Waals surface area contributed by atoms with E-state index >= 15 is 0 Å². The van der Waals surface area contributed by atoms with Gasteiger partial charge in [-0.05, 0) is 26.7 Å². The van der Waals surface area contributed by atoms with Gasteiger partial charge in [-0.1, -0.05) is 21.9 Å². The Bertz CT molecular complexity index is 205. The number of halogens is 1. The van der Waals surface area contributed by atoms with E-state index in [4.69, 9.17) is 6.42 Å². The lowest BCUT2D eigenvalue weighted by Crippen LogP contribution is -2.41. The zero-order valence-electron chi connectivity index (χ0n) is 8.19. The molecule has 0 atom stereocenters. The van der Waals surface area contributed by atoms with Gasteiger partial charge in [-0.2, -0.15) is 0 Å². The summed E-state index contributed by atoms with van der Waals surface area (Å²) >= 11 is 3.31. The van der Waals surface area contributed by atoms with Gasteiger partial charge in [-0.25, -0.2) is 0 Å². The monoisotopic (exact) mass is 245 g/mol. The normalized spacial score (nSPS) is 10.6. The number of nitrogens with one attached hydrogen (secondary N) is 1. The summed E-state index contributed by atoms with van der Waals surface area (Å²) in [5, 5.41) is 3.72. The minimum Gasteiger partial charge on any atom is -0.340 e. The van der Waals surface area contributed by atoms with E-state index in [1.54, 1.807) is 0 Å². The quantitative estimate of drug-likeness (QED) is 0.449. The van der Waals surface area contributed by atoms with Gasteiger partial charge in [0, 0.05) is 11.8 Å². The van der Waals surface area contributed by atoms with Crippen molar-refractivity contribution in [3.05, 3.63) is 0 Å². The van der Waals surface area contributed by atoms with Crippen molar-refractivity contribution in [2.75, 3.05) is 5.33 Å². The summed E-state index contributed by atoms with van der Waals surface area (Å²) in [7, 11) is 0. The second-order valence-electron chi connectivity index (χ2n) is 3.46. The third kappa shape index (κ3) is 6.65.